The summed E-state index contributed by atoms with van der Waals surface area (Å²) < 4.78 is 0. The molecule has 0 saturated carbocycles. The standard InChI is InChI=1S/C12H13N3/c13-9-10-6-7-14-12(8-10)15-11-4-2-1-3-5-11/h1-8H,9,13H2,(H,14,15). The van der Waals surface area contributed by atoms with E-state index >= 15 is 0 Å². The number of para-hydroxylation sites is 1. The molecule has 0 spiro atoms. The third-order valence-corrected chi connectivity index (χ3v) is 2.11. The molecule has 3 heteroatoms. The summed E-state index contributed by atoms with van der Waals surface area (Å²) in [4.78, 5) is 4.22. The van der Waals surface area contributed by atoms with Gasteiger partial charge in [-0.1, -0.05) is 18.2 Å². The van der Waals surface area contributed by atoms with E-state index in [9.17, 15) is 0 Å². The van der Waals surface area contributed by atoms with Crippen molar-refractivity contribution in [2.24, 2.45) is 5.73 Å². The van der Waals surface area contributed by atoms with E-state index in [1.54, 1.807) is 6.20 Å². The second-order valence-corrected chi connectivity index (χ2v) is 3.24. The summed E-state index contributed by atoms with van der Waals surface area (Å²) in [6, 6.07) is 13.8. The van der Waals surface area contributed by atoms with Gasteiger partial charge in [0.2, 0.25) is 0 Å². The van der Waals surface area contributed by atoms with Crippen LogP contribution in [0.25, 0.3) is 0 Å². The Bertz CT molecular complexity index is 426. The monoisotopic (exact) mass is 199 g/mol. The van der Waals surface area contributed by atoms with Gasteiger partial charge in [0.15, 0.2) is 0 Å². The number of nitrogens with zero attached hydrogens (tertiary/aromatic N) is 1. The van der Waals surface area contributed by atoms with Crippen LogP contribution in [-0.4, -0.2) is 4.98 Å². The van der Waals surface area contributed by atoms with E-state index in [2.05, 4.69) is 10.3 Å². The first-order chi connectivity index (χ1) is 7.38. The molecule has 76 valence electrons. The molecule has 0 aliphatic carbocycles. The lowest BCUT2D eigenvalue weighted by molar-refractivity contribution is 1.06. The molecule has 0 amide bonds. The van der Waals surface area contributed by atoms with Crippen molar-refractivity contribution in [3.05, 3.63) is 54.2 Å². The van der Waals surface area contributed by atoms with Crippen LogP contribution < -0.4 is 11.1 Å². The zero-order chi connectivity index (χ0) is 10.5. The first-order valence-corrected chi connectivity index (χ1v) is 4.85. The van der Waals surface area contributed by atoms with Crippen LogP contribution in [0.15, 0.2) is 48.7 Å². The molecule has 1 aromatic carbocycles. The fraction of sp³-hybridized carbons (Fsp3) is 0.0833. The van der Waals surface area contributed by atoms with Crippen molar-refractivity contribution in [1.82, 2.24) is 4.98 Å². The van der Waals surface area contributed by atoms with E-state index in [0.29, 0.717) is 6.54 Å². The number of hydrogen-bond acceptors (Lipinski definition) is 3. The van der Waals surface area contributed by atoms with Crippen molar-refractivity contribution >= 4 is 11.5 Å². The van der Waals surface area contributed by atoms with Gasteiger partial charge in [-0.05, 0) is 29.8 Å². The number of hydrogen-bond donors (Lipinski definition) is 2. The fourth-order valence-corrected chi connectivity index (χ4v) is 1.34. The first kappa shape index (κ1) is 9.68. The van der Waals surface area contributed by atoms with Crippen molar-refractivity contribution in [2.75, 3.05) is 5.32 Å². The number of rotatable bonds is 3. The van der Waals surface area contributed by atoms with E-state index < -0.39 is 0 Å². The summed E-state index contributed by atoms with van der Waals surface area (Å²) in [6.07, 6.45) is 1.76. The molecule has 1 aromatic heterocycles. The highest BCUT2D eigenvalue weighted by molar-refractivity contribution is 5.56. The Hall–Kier alpha value is -1.87. The molecule has 0 atom stereocenters. The molecule has 0 aliphatic heterocycles. The normalized spacial score (nSPS) is 9.93. The zero-order valence-corrected chi connectivity index (χ0v) is 8.35. The number of aromatic nitrogens is 1. The van der Waals surface area contributed by atoms with Gasteiger partial charge in [-0.15, -0.1) is 0 Å². The largest absolute Gasteiger partial charge is 0.340 e. The van der Waals surface area contributed by atoms with Crippen molar-refractivity contribution < 1.29 is 0 Å². The van der Waals surface area contributed by atoms with E-state index in [4.69, 9.17) is 5.73 Å². The van der Waals surface area contributed by atoms with Gasteiger partial charge in [0.25, 0.3) is 0 Å². The van der Waals surface area contributed by atoms with Crippen LogP contribution in [0, 0.1) is 0 Å². The summed E-state index contributed by atoms with van der Waals surface area (Å²) in [7, 11) is 0. The Labute approximate surface area is 89.0 Å². The molecule has 0 radical (unpaired) electrons. The van der Waals surface area contributed by atoms with Crippen LogP contribution in [0.4, 0.5) is 11.5 Å². The summed E-state index contributed by atoms with van der Waals surface area (Å²) in [6.45, 7) is 0.534. The van der Waals surface area contributed by atoms with Crippen LogP contribution >= 0.6 is 0 Å². The van der Waals surface area contributed by atoms with Crippen molar-refractivity contribution in [2.45, 2.75) is 6.54 Å². The van der Waals surface area contributed by atoms with Gasteiger partial charge in [0, 0.05) is 18.4 Å². The number of pyridine rings is 1. The van der Waals surface area contributed by atoms with Gasteiger partial charge in [0.05, 0.1) is 0 Å². The number of nitrogens with two attached hydrogens (primary N) is 1. The van der Waals surface area contributed by atoms with Gasteiger partial charge < -0.3 is 11.1 Å². The first-order valence-electron chi connectivity index (χ1n) is 4.85. The van der Waals surface area contributed by atoms with Crippen molar-refractivity contribution in [1.29, 1.82) is 0 Å². The average Bonchev–Trinajstić information content (AvgIpc) is 2.31. The van der Waals surface area contributed by atoms with Crippen LogP contribution in [0.5, 0.6) is 0 Å². The van der Waals surface area contributed by atoms with Crippen LogP contribution in [0.1, 0.15) is 5.56 Å². The minimum Gasteiger partial charge on any atom is -0.340 e. The molecule has 15 heavy (non-hydrogen) atoms. The second-order valence-electron chi connectivity index (χ2n) is 3.24. The smallest absolute Gasteiger partial charge is 0.130 e. The molecule has 2 rings (SSSR count). The number of nitrogens with one attached hydrogen (secondary N) is 1. The molecule has 0 saturated heterocycles. The van der Waals surface area contributed by atoms with Crippen molar-refractivity contribution in [3.63, 3.8) is 0 Å². The van der Waals surface area contributed by atoms with E-state index in [-0.39, 0.29) is 0 Å². The Morgan fingerprint density at radius 3 is 2.67 bits per heavy atom. The maximum absolute atomic E-state index is 5.56. The molecule has 0 bridgehead atoms. The molecule has 0 aliphatic rings. The number of anilines is 2. The zero-order valence-electron chi connectivity index (χ0n) is 8.35. The van der Waals surface area contributed by atoms with Crippen LogP contribution in [-0.2, 0) is 6.54 Å². The maximum atomic E-state index is 5.56. The third-order valence-electron chi connectivity index (χ3n) is 2.11. The Morgan fingerprint density at radius 2 is 1.93 bits per heavy atom. The lowest BCUT2D eigenvalue weighted by atomic mass is 10.2. The fourth-order valence-electron chi connectivity index (χ4n) is 1.34. The lowest BCUT2D eigenvalue weighted by Gasteiger charge is -2.05. The Morgan fingerprint density at radius 1 is 1.13 bits per heavy atom. The van der Waals surface area contributed by atoms with Crippen molar-refractivity contribution in [3.8, 4) is 0 Å². The molecule has 3 N–H and O–H groups in total. The predicted molar refractivity (Wildman–Crippen MR) is 61.9 cm³/mol. The predicted octanol–water partition coefficient (Wildman–Crippen LogP) is 2.28. The topological polar surface area (TPSA) is 50.9 Å². The van der Waals surface area contributed by atoms with E-state index in [1.165, 1.54) is 0 Å². The summed E-state index contributed by atoms with van der Waals surface area (Å²) >= 11 is 0. The van der Waals surface area contributed by atoms with Gasteiger partial charge in [-0.2, -0.15) is 0 Å². The maximum Gasteiger partial charge on any atom is 0.130 e. The average molecular weight is 199 g/mol. The summed E-state index contributed by atoms with van der Waals surface area (Å²) in [5, 5.41) is 3.21. The Balaban J connectivity index is 2.17. The van der Waals surface area contributed by atoms with Gasteiger partial charge in [-0.3, -0.25) is 0 Å². The van der Waals surface area contributed by atoms with Gasteiger partial charge >= 0.3 is 0 Å². The van der Waals surface area contributed by atoms with Crippen LogP contribution in [0.2, 0.25) is 0 Å². The lowest BCUT2D eigenvalue weighted by Crippen LogP contribution is -1.99. The van der Waals surface area contributed by atoms with E-state index in [1.807, 2.05) is 42.5 Å². The quantitative estimate of drug-likeness (QED) is 0.797. The summed E-state index contributed by atoms with van der Waals surface area (Å²) in [5.74, 6) is 0.823. The minimum atomic E-state index is 0.534. The van der Waals surface area contributed by atoms with E-state index in [0.717, 1.165) is 17.1 Å². The molecule has 2 aromatic rings. The molecular weight excluding hydrogens is 186 g/mol. The minimum absolute atomic E-state index is 0.534. The molecule has 0 unspecified atom stereocenters. The van der Waals surface area contributed by atoms with Gasteiger partial charge in [0.1, 0.15) is 5.82 Å². The highest BCUT2D eigenvalue weighted by atomic mass is 15.0. The van der Waals surface area contributed by atoms with Crippen LogP contribution in [0.3, 0.4) is 0 Å². The second kappa shape index (κ2) is 4.57. The third kappa shape index (κ3) is 2.54. The molecule has 0 fully saturated rings. The molecular formula is C12H13N3. The number of benzene rings is 1. The molecule has 3 nitrogen and oxygen atoms in total. The SMILES string of the molecule is NCc1ccnc(Nc2ccccc2)c1. The molecule has 1 heterocycles. The Kier molecular flexibility index (Phi) is 2.95. The highest BCUT2D eigenvalue weighted by Gasteiger charge is 1.96. The van der Waals surface area contributed by atoms with Gasteiger partial charge in [-0.25, -0.2) is 4.98 Å². The summed E-state index contributed by atoms with van der Waals surface area (Å²) in [5.41, 5.74) is 7.66. The highest BCUT2D eigenvalue weighted by Crippen LogP contribution is 2.14.